The summed E-state index contributed by atoms with van der Waals surface area (Å²) in [6, 6.07) is 3.32. The molecule has 1 aromatic heterocycles. The molecule has 5 heterocycles. The molecule has 284 valence electrons. The van der Waals surface area contributed by atoms with Crippen molar-refractivity contribution in [1.29, 1.82) is 0 Å². The molecule has 18 heteroatoms. The van der Waals surface area contributed by atoms with Crippen molar-refractivity contribution in [2.45, 2.75) is 75.9 Å². The SMILES string of the molecule is CC1(C)C=C(CS(=O)(=O)O)c2cc3c(c(S(=O)(=O)O)c2N1)Oc1c2c4c(cc1=C3c1nccn1CCCCN)C(CS(=O)(=O)O)=CC(C)(C)[N+]=4CCC2. The standard InChI is InChI=1S/C35H41N5O10S3/c1-34(2)16-20(18-51(41,42)43)23-14-26-27(33-37-10-13-39(33)11-6-5-9-36)25-15-24-21(19-52(44,45)46)17-35(3,4)40-12-7-8-22(29(24)40)30(25)50-31(26)32(28(23)38-34)53(47,48)49/h10,13-17H,5-9,11-12,18-19,36H2,1-4H3,(H3,41,42,43,44,45,46,47,48,49)/p+1. The number of ether oxygens (including phenoxy) is 1. The van der Waals surface area contributed by atoms with Crippen molar-refractivity contribution in [3.63, 3.8) is 0 Å². The lowest BCUT2D eigenvalue weighted by Crippen LogP contribution is -2.53. The minimum atomic E-state index is -5.10. The van der Waals surface area contributed by atoms with Gasteiger partial charge in [-0.2, -0.15) is 25.3 Å². The molecule has 0 unspecified atom stereocenters. The maximum absolute atomic E-state index is 13.5. The number of anilines is 1. The average molecular weight is 789 g/mol. The molecule has 0 radical (unpaired) electrons. The Hall–Kier alpha value is -3.91. The molecule has 15 nitrogen and oxygen atoms in total. The molecule has 4 aliphatic rings. The van der Waals surface area contributed by atoms with Crippen LogP contribution in [0.4, 0.5) is 5.69 Å². The maximum Gasteiger partial charge on any atom is 0.300 e. The van der Waals surface area contributed by atoms with Crippen molar-refractivity contribution in [3.05, 3.63) is 75.3 Å². The highest BCUT2D eigenvalue weighted by molar-refractivity contribution is 7.86. The Labute approximate surface area is 307 Å². The molecule has 6 N–H and O–H groups in total. The van der Waals surface area contributed by atoms with Crippen molar-refractivity contribution < 1.29 is 43.6 Å². The smallest absolute Gasteiger partial charge is 0.300 e. The van der Waals surface area contributed by atoms with Gasteiger partial charge >= 0.3 is 0 Å². The van der Waals surface area contributed by atoms with Crippen molar-refractivity contribution in [1.82, 2.24) is 14.1 Å². The minimum Gasteiger partial charge on any atom is -0.454 e. The van der Waals surface area contributed by atoms with Gasteiger partial charge in [0.25, 0.3) is 30.4 Å². The van der Waals surface area contributed by atoms with Crippen LogP contribution in [0.25, 0.3) is 16.7 Å². The fraction of sp³-hybridized carbons (Fsp3) is 0.429. The third kappa shape index (κ3) is 6.85. The lowest BCUT2D eigenvalue weighted by molar-refractivity contribution is 0.362. The van der Waals surface area contributed by atoms with E-state index in [2.05, 4.69) is 9.89 Å². The van der Waals surface area contributed by atoms with Crippen LogP contribution in [-0.2, 0) is 43.3 Å². The fourth-order valence-electron chi connectivity index (χ4n) is 8.17. The molecular formula is C35H42N5O10S3+. The summed E-state index contributed by atoms with van der Waals surface area (Å²) in [6.07, 6.45) is 9.30. The number of hydrogen-bond acceptors (Lipinski definition) is 10. The molecule has 0 atom stereocenters. The van der Waals surface area contributed by atoms with Gasteiger partial charge in [0.2, 0.25) is 5.36 Å². The summed E-state index contributed by atoms with van der Waals surface area (Å²) in [5.74, 6) is -1.01. The first-order valence-corrected chi connectivity index (χ1v) is 21.8. The summed E-state index contributed by atoms with van der Waals surface area (Å²) < 4.78 is 118. The number of nitrogens with zero attached hydrogens (tertiary/aromatic N) is 3. The van der Waals surface area contributed by atoms with Gasteiger partial charge in [0.05, 0.1) is 22.4 Å². The van der Waals surface area contributed by atoms with Crippen molar-refractivity contribution in [2.24, 2.45) is 5.73 Å². The Morgan fingerprint density at radius 2 is 1.60 bits per heavy atom. The molecule has 0 bridgehead atoms. The second-order valence-electron chi connectivity index (χ2n) is 15.1. The highest BCUT2D eigenvalue weighted by atomic mass is 32.2. The van der Waals surface area contributed by atoms with Crippen molar-refractivity contribution >= 4 is 52.8 Å². The van der Waals surface area contributed by atoms with Crippen LogP contribution in [0.15, 0.2) is 41.6 Å². The molecule has 2 aromatic carbocycles. The van der Waals surface area contributed by atoms with E-state index in [0.29, 0.717) is 89.7 Å². The predicted octanol–water partition coefficient (Wildman–Crippen LogP) is 2.20. The van der Waals surface area contributed by atoms with Gasteiger partial charge in [-0.25, -0.2) is 9.56 Å². The molecule has 4 aliphatic heterocycles. The van der Waals surface area contributed by atoms with E-state index in [9.17, 15) is 38.9 Å². The largest absolute Gasteiger partial charge is 0.454 e. The molecule has 53 heavy (non-hydrogen) atoms. The summed E-state index contributed by atoms with van der Waals surface area (Å²) in [5.41, 5.74) is 6.34. The molecule has 0 aliphatic carbocycles. The van der Waals surface area contributed by atoms with Crippen LogP contribution in [0.3, 0.4) is 0 Å². The Balaban J connectivity index is 1.67. The number of imidazole rings is 1. The Morgan fingerprint density at radius 3 is 2.25 bits per heavy atom. The second kappa shape index (κ2) is 12.6. The van der Waals surface area contributed by atoms with E-state index in [1.807, 2.05) is 24.5 Å². The number of aromatic nitrogens is 2. The third-order valence-corrected chi connectivity index (χ3v) is 12.3. The summed E-state index contributed by atoms with van der Waals surface area (Å²) in [7, 11) is -14.2. The molecule has 0 fully saturated rings. The first kappa shape index (κ1) is 37.4. The molecule has 3 aromatic rings. The lowest BCUT2D eigenvalue weighted by atomic mass is 9.84. The van der Waals surface area contributed by atoms with E-state index in [1.54, 1.807) is 44.4 Å². The van der Waals surface area contributed by atoms with E-state index >= 15 is 0 Å². The molecule has 0 saturated heterocycles. The topological polar surface area (TPSA) is 231 Å². The van der Waals surface area contributed by atoms with Crippen molar-refractivity contribution in [3.8, 4) is 11.5 Å². The number of hydrogen-bond donors (Lipinski definition) is 5. The van der Waals surface area contributed by atoms with Crippen LogP contribution >= 0.6 is 0 Å². The lowest BCUT2D eigenvalue weighted by Gasteiger charge is -2.35. The second-order valence-corrected chi connectivity index (χ2v) is 19.3. The number of nitrogens with two attached hydrogens (primary N) is 1. The number of benzene rings is 2. The van der Waals surface area contributed by atoms with Gasteiger partial charge in [0.15, 0.2) is 16.2 Å². The summed E-state index contributed by atoms with van der Waals surface area (Å²) in [6.45, 7) is 8.82. The van der Waals surface area contributed by atoms with E-state index in [1.165, 1.54) is 0 Å². The van der Waals surface area contributed by atoms with Gasteiger partial charge in [0, 0.05) is 61.1 Å². The molecule has 0 spiro atoms. The predicted molar refractivity (Wildman–Crippen MR) is 199 cm³/mol. The van der Waals surface area contributed by atoms with Crippen LogP contribution in [0.1, 0.15) is 75.0 Å². The zero-order chi connectivity index (χ0) is 38.5. The summed E-state index contributed by atoms with van der Waals surface area (Å²) in [5, 5.41) is 4.27. The normalized spacial score (nSPS) is 18.5. The number of unbranched alkanes of at least 4 members (excludes halogenated alkanes) is 1. The molecule has 7 rings (SSSR count). The fourth-order valence-corrected chi connectivity index (χ4v) is 10.2. The number of fused-ring (bicyclic) bond motifs is 4. The van der Waals surface area contributed by atoms with Gasteiger partial charge in [0.1, 0.15) is 29.6 Å². The highest BCUT2D eigenvalue weighted by Crippen LogP contribution is 2.50. The van der Waals surface area contributed by atoms with Crippen LogP contribution in [0.2, 0.25) is 0 Å². The van der Waals surface area contributed by atoms with Crippen LogP contribution in [-0.4, -0.2) is 84.1 Å². The van der Waals surface area contributed by atoms with Gasteiger partial charge in [-0.3, -0.25) is 13.7 Å². The highest BCUT2D eigenvalue weighted by Gasteiger charge is 2.43. The third-order valence-electron chi connectivity index (χ3n) is 10.0. The number of nitrogens with one attached hydrogen (secondary N) is 1. The van der Waals surface area contributed by atoms with Gasteiger partial charge in [-0.05, 0) is 69.0 Å². The monoisotopic (exact) mass is 788 g/mol. The van der Waals surface area contributed by atoms with Crippen molar-refractivity contribution in [2.75, 3.05) is 29.9 Å². The Kier molecular flexibility index (Phi) is 8.88. The van der Waals surface area contributed by atoms with E-state index in [0.717, 1.165) is 0 Å². The molecular weight excluding hydrogens is 747 g/mol. The maximum atomic E-state index is 13.5. The zero-order valence-electron chi connectivity index (χ0n) is 29.7. The van der Waals surface area contributed by atoms with Crippen LogP contribution in [0, 0.1) is 0 Å². The van der Waals surface area contributed by atoms with Gasteiger partial charge in [-0.15, -0.1) is 0 Å². The Bertz CT molecular complexity index is 2640. The summed E-state index contributed by atoms with van der Waals surface area (Å²) in [4.78, 5) is 4.10. The van der Waals surface area contributed by atoms with Gasteiger partial charge < -0.3 is 20.4 Å². The zero-order valence-corrected chi connectivity index (χ0v) is 32.1. The van der Waals surface area contributed by atoms with Crippen LogP contribution in [0.5, 0.6) is 11.5 Å². The van der Waals surface area contributed by atoms with Crippen LogP contribution < -0.4 is 30.9 Å². The van der Waals surface area contributed by atoms with Gasteiger partial charge in [-0.1, -0.05) is 6.08 Å². The van der Waals surface area contributed by atoms with E-state index < -0.39 is 57.8 Å². The summed E-state index contributed by atoms with van der Waals surface area (Å²) >= 11 is 0. The van der Waals surface area contributed by atoms with E-state index in [4.69, 9.17) is 15.5 Å². The number of aryl methyl sites for hydroxylation is 1. The first-order valence-electron chi connectivity index (χ1n) is 17.1. The molecule has 0 saturated carbocycles. The average Bonchev–Trinajstić information content (AvgIpc) is 3.47. The first-order chi connectivity index (χ1) is 24.6. The van der Waals surface area contributed by atoms with E-state index in [-0.39, 0.29) is 28.1 Å². The Morgan fingerprint density at radius 1 is 0.925 bits per heavy atom. The minimum absolute atomic E-state index is 0.0900. The molecule has 0 amide bonds. The number of rotatable bonds is 10. The quantitative estimate of drug-likeness (QED) is 0.0883.